The Bertz CT molecular complexity index is 135. The van der Waals surface area contributed by atoms with Gasteiger partial charge in [0.2, 0.25) is 0 Å². The average molecular weight is 300 g/mol. The Morgan fingerprint density at radius 1 is 0.800 bits per heavy atom. The topological polar surface area (TPSA) is 36.9 Å². The molecule has 5 heteroatoms. The summed E-state index contributed by atoms with van der Waals surface area (Å²) in [7, 11) is 0. The van der Waals surface area contributed by atoms with Crippen LogP contribution in [0.4, 0.5) is 0 Å². The minimum absolute atomic E-state index is 0.461. The van der Waals surface area contributed by atoms with E-state index in [1.54, 1.807) is 0 Å². The number of hydrogen-bond acceptors (Lipinski definition) is 4. The van der Waals surface area contributed by atoms with E-state index in [1.807, 2.05) is 20.8 Å². The van der Waals surface area contributed by atoms with Crippen molar-refractivity contribution in [2.45, 2.75) is 34.6 Å². The molecule has 0 rings (SSSR count). The summed E-state index contributed by atoms with van der Waals surface area (Å²) in [5.74, 6) is 0.461. The van der Waals surface area contributed by atoms with Gasteiger partial charge in [0.25, 0.3) is 0 Å². The molecule has 0 amide bonds. The van der Waals surface area contributed by atoms with Crippen LogP contribution in [-0.4, -0.2) is 26.4 Å². The second-order valence-electron chi connectivity index (χ2n) is 3.50. The molecule has 0 aliphatic rings. The van der Waals surface area contributed by atoms with Gasteiger partial charge < -0.3 is 0 Å². The molecule has 0 atom stereocenters. The first-order chi connectivity index (χ1) is 7.10. The van der Waals surface area contributed by atoms with Crippen molar-refractivity contribution in [3.8, 4) is 0 Å². The standard InChI is InChI=1S/C4H9O.3C2H5O.Zr/c1-4(2)3-5;3*1-2-3;/h4H,3H2,1-2H3;3*2H2,1H3;/q4*-1;+4. The zero-order valence-electron chi connectivity index (χ0n) is 10.5. The summed E-state index contributed by atoms with van der Waals surface area (Å²) in [4.78, 5) is 0. The molecule has 0 aliphatic heterocycles. The predicted octanol–water partition coefficient (Wildman–Crippen LogP) is 2.58. The molecule has 0 saturated carbocycles. The maximum atomic E-state index is 5.76. The Hall–Kier alpha value is 0.723. The van der Waals surface area contributed by atoms with Gasteiger partial charge in [-0.3, -0.25) is 0 Å². The molecular weight excluding hydrogens is 275 g/mol. The molecule has 0 aromatic heterocycles. The molecule has 92 valence electrons. The average Bonchev–Trinajstić information content (AvgIpc) is 2.16. The zero-order valence-corrected chi connectivity index (χ0v) is 13.0. The van der Waals surface area contributed by atoms with Crippen molar-refractivity contribution >= 4 is 0 Å². The SMILES string of the molecule is CC[O][Zr]([O]CC)([O]CC)[O]CC(C)C. The van der Waals surface area contributed by atoms with Crippen molar-refractivity contribution in [1.29, 1.82) is 0 Å². The first-order valence-electron chi connectivity index (χ1n) is 5.66. The number of hydrogen-bond donors (Lipinski definition) is 0. The van der Waals surface area contributed by atoms with Crippen LogP contribution >= 0.6 is 0 Å². The molecule has 0 bridgehead atoms. The normalized spacial score (nSPS) is 12.4. The molecule has 4 nitrogen and oxygen atoms in total. The molecule has 0 saturated heterocycles. The van der Waals surface area contributed by atoms with E-state index in [1.165, 1.54) is 0 Å². The van der Waals surface area contributed by atoms with E-state index in [9.17, 15) is 0 Å². The van der Waals surface area contributed by atoms with Crippen LogP contribution in [0.3, 0.4) is 0 Å². The van der Waals surface area contributed by atoms with E-state index in [-0.39, 0.29) is 0 Å². The summed E-state index contributed by atoms with van der Waals surface area (Å²) >= 11 is -3.65. The Morgan fingerprint density at radius 2 is 1.20 bits per heavy atom. The third kappa shape index (κ3) is 6.80. The summed E-state index contributed by atoms with van der Waals surface area (Å²) in [6, 6.07) is 0. The van der Waals surface area contributed by atoms with Gasteiger partial charge in [0.15, 0.2) is 0 Å². The molecule has 0 heterocycles. The third-order valence-corrected chi connectivity index (χ3v) is 7.57. The van der Waals surface area contributed by atoms with Crippen LogP contribution in [-0.2, 0) is 33.3 Å². The van der Waals surface area contributed by atoms with Crippen molar-refractivity contribution in [2.24, 2.45) is 5.92 Å². The van der Waals surface area contributed by atoms with Crippen molar-refractivity contribution in [2.75, 3.05) is 26.4 Å². The Kier molecular flexibility index (Phi) is 9.25. The van der Waals surface area contributed by atoms with Gasteiger partial charge in [-0.05, 0) is 0 Å². The van der Waals surface area contributed by atoms with Gasteiger partial charge in [-0.15, -0.1) is 0 Å². The van der Waals surface area contributed by atoms with Crippen LogP contribution in [0, 0.1) is 5.92 Å². The summed E-state index contributed by atoms with van der Waals surface area (Å²) in [5.41, 5.74) is 0. The van der Waals surface area contributed by atoms with E-state index >= 15 is 0 Å². The molecule has 0 unspecified atom stereocenters. The van der Waals surface area contributed by atoms with Gasteiger partial charge in [-0.2, -0.15) is 0 Å². The second-order valence-corrected chi connectivity index (χ2v) is 8.80. The van der Waals surface area contributed by atoms with Gasteiger partial charge in [-0.25, -0.2) is 0 Å². The van der Waals surface area contributed by atoms with E-state index in [4.69, 9.17) is 11.3 Å². The quantitative estimate of drug-likeness (QED) is 0.656. The van der Waals surface area contributed by atoms with E-state index < -0.39 is 22.0 Å². The van der Waals surface area contributed by atoms with Crippen LogP contribution in [0.5, 0.6) is 0 Å². The van der Waals surface area contributed by atoms with Gasteiger partial charge in [0, 0.05) is 0 Å². The molecule has 15 heavy (non-hydrogen) atoms. The van der Waals surface area contributed by atoms with Crippen LogP contribution in [0.15, 0.2) is 0 Å². The van der Waals surface area contributed by atoms with Crippen LogP contribution < -0.4 is 0 Å². The van der Waals surface area contributed by atoms with Crippen molar-refractivity contribution in [3.63, 3.8) is 0 Å². The molecule has 0 aliphatic carbocycles. The summed E-state index contributed by atoms with van der Waals surface area (Å²) in [6.45, 7) is 12.4. The third-order valence-electron chi connectivity index (χ3n) is 1.56. The fraction of sp³-hybridized carbons (Fsp3) is 1.00. The zero-order chi connectivity index (χ0) is 11.7. The first kappa shape index (κ1) is 15.7. The Balaban J connectivity index is 4.31. The summed E-state index contributed by atoms with van der Waals surface area (Å²) in [6.07, 6.45) is 0. The van der Waals surface area contributed by atoms with E-state index in [0.29, 0.717) is 32.3 Å². The Morgan fingerprint density at radius 3 is 1.47 bits per heavy atom. The predicted molar refractivity (Wildman–Crippen MR) is 55.7 cm³/mol. The molecule has 0 aromatic rings. The Labute approximate surface area is 100 Å². The fourth-order valence-corrected chi connectivity index (χ4v) is 6.21. The van der Waals surface area contributed by atoms with Crippen LogP contribution in [0.1, 0.15) is 34.6 Å². The van der Waals surface area contributed by atoms with Gasteiger partial charge in [-0.1, -0.05) is 0 Å². The van der Waals surface area contributed by atoms with E-state index in [0.717, 1.165) is 0 Å². The number of rotatable bonds is 9. The molecule has 0 radical (unpaired) electrons. The monoisotopic (exact) mass is 298 g/mol. The summed E-state index contributed by atoms with van der Waals surface area (Å²) in [5, 5.41) is 0. The summed E-state index contributed by atoms with van der Waals surface area (Å²) < 4.78 is 22.6. The van der Waals surface area contributed by atoms with E-state index in [2.05, 4.69) is 13.8 Å². The van der Waals surface area contributed by atoms with Crippen LogP contribution in [0.2, 0.25) is 0 Å². The van der Waals surface area contributed by atoms with Crippen molar-refractivity contribution < 1.29 is 33.3 Å². The first-order valence-corrected chi connectivity index (χ1v) is 9.67. The molecule has 0 N–H and O–H groups in total. The molecule has 0 aromatic carbocycles. The van der Waals surface area contributed by atoms with Gasteiger partial charge in [0.05, 0.1) is 0 Å². The second kappa shape index (κ2) is 8.83. The maximum absolute atomic E-state index is 5.76. The minimum atomic E-state index is -3.65. The van der Waals surface area contributed by atoms with Crippen molar-refractivity contribution in [3.05, 3.63) is 0 Å². The fourth-order valence-electron chi connectivity index (χ4n) is 1.05. The molecule has 0 spiro atoms. The van der Waals surface area contributed by atoms with Gasteiger partial charge >= 0.3 is 100 Å². The van der Waals surface area contributed by atoms with Crippen LogP contribution in [0.25, 0.3) is 0 Å². The van der Waals surface area contributed by atoms with Crippen molar-refractivity contribution in [1.82, 2.24) is 0 Å². The van der Waals surface area contributed by atoms with Gasteiger partial charge in [0.1, 0.15) is 0 Å². The molecular formula is C10H24O4Zr. The molecule has 0 fully saturated rings.